The van der Waals surface area contributed by atoms with Gasteiger partial charge in [0.05, 0.1) is 12.0 Å². The zero-order valence-electron chi connectivity index (χ0n) is 11.2. The molecule has 0 spiro atoms. The van der Waals surface area contributed by atoms with Crippen molar-refractivity contribution >= 4 is 14.3 Å². The fourth-order valence-corrected chi connectivity index (χ4v) is 3.55. The third-order valence-electron chi connectivity index (χ3n) is 4.41. The van der Waals surface area contributed by atoms with Gasteiger partial charge in [-0.1, -0.05) is 20.8 Å². The highest BCUT2D eigenvalue weighted by atomic mass is 28.4. The zero-order valence-corrected chi connectivity index (χ0v) is 12.2. The number of carbonyl (C=O) groups is 1. The molecule has 2 fully saturated rings. The van der Waals surface area contributed by atoms with Crippen LogP contribution in [0.25, 0.3) is 0 Å². The van der Waals surface area contributed by atoms with E-state index >= 15 is 0 Å². The molecule has 0 radical (unpaired) electrons. The van der Waals surface area contributed by atoms with Crippen LogP contribution in [-0.4, -0.2) is 37.7 Å². The minimum Gasteiger partial charge on any atom is -0.459 e. The van der Waals surface area contributed by atoms with Gasteiger partial charge in [0, 0.05) is 6.42 Å². The SMILES string of the molecule is CC(C)(C)[Si](C)(C)O[C@@H]1[C@H](O)[C@@H]2C[C@H]1OC2=O. The Bertz CT molecular complexity index is 332. The molecule has 1 heterocycles. The molecule has 4 nitrogen and oxygen atoms in total. The maximum Gasteiger partial charge on any atom is 0.312 e. The molecule has 2 rings (SSSR count). The number of fused-ring (bicyclic) bond motifs is 2. The Morgan fingerprint density at radius 2 is 2.00 bits per heavy atom. The largest absolute Gasteiger partial charge is 0.459 e. The van der Waals surface area contributed by atoms with Gasteiger partial charge in [-0.05, 0) is 18.1 Å². The third kappa shape index (κ3) is 2.04. The van der Waals surface area contributed by atoms with Gasteiger partial charge in [0.25, 0.3) is 0 Å². The molecule has 1 N–H and O–H groups in total. The van der Waals surface area contributed by atoms with E-state index in [9.17, 15) is 9.90 Å². The van der Waals surface area contributed by atoms with Crippen molar-refractivity contribution in [3.8, 4) is 0 Å². The number of hydrogen-bond acceptors (Lipinski definition) is 4. The van der Waals surface area contributed by atoms with Crippen molar-refractivity contribution in [3.63, 3.8) is 0 Å². The first-order chi connectivity index (χ1) is 7.63. The van der Waals surface area contributed by atoms with Crippen molar-refractivity contribution in [3.05, 3.63) is 0 Å². The molecule has 0 amide bonds. The van der Waals surface area contributed by atoms with Gasteiger partial charge >= 0.3 is 5.97 Å². The van der Waals surface area contributed by atoms with Crippen molar-refractivity contribution < 1.29 is 19.1 Å². The van der Waals surface area contributed by atoms with Crippen molar-refractivity contribution in [2.75, 3.05) is 0 Å². The fraction of sp³-hybridized carbons (Fsp3) is 0.917. The summed E-state index contributed by atoms with van der Waals surface area (Å²) >= 11 is 0. The van der Waals surface area contributed by atoms with Crippen molar-refractivity contribution in [2.45, 2.75) is 63.6 Å². The van der Waals surface area contributed by atoms with Crippen LogP contribution in [0.4, 0.5) is 0 Å². The minimum absolute atomic E-state index is 0.0958. The van der Waals surface area contributed by atoms with Crippen LogP contribution in [0.15, 0.2) is 0 Å². The Kier molecular flexibility index (Phi) is 2.92. The molecular formula is C12H22O4Si. The van der Waals surface area contributed by atoms with Crippen LogP contribution in [0.3, 0.4) is 0 Å². The van der Waals surface area contributed by atoms with Crippen LogP contribution in [-0.2, 0) is 14.0 Å². The number of ether oxygens (including phenoxy) is 1. The molecule has 98 valence electrons. The van der Waals surface area contributed by atoms with Gasteiger partial charge in [-0.15, -0.1) is 0 Å². The standard InChI is InChI=1S/C12H22O4Si/c1-12(2,3)17(4,5)16-10-8-6-7(9(10)13)11(14)15-8/h7-10,13H,6H2,1-5H3/t7-,8+,9+,10-/m0/s1. The summed E-state index contributed by atoms with van der Waals surface area (Å²) in [4.78, 5) is 11.3. The molecule has 17 heavy (non-hydrogen) atoms. The van der Waals surface area contributed by atoms with Crippen LogP contribution in [0, 0.1) is 5.92 Å². The summed E-state index contributed by atoms with van der Waals surface area (Å²) in [6.45, 7) is 10.8. The second kappa shape index (κ2) is 3.80. The second-order valence-electron chi connectivity index (χ2n) is 6.65. The summed E-state index contributed by atoms with van der Waals surface area (Å²) in [5.41, 5.74) is 0. The summed E-state index contributed by atoms with van der Waals surface area (Å²) in [6, 6.07) is 0. The Labute approximate surface area is 103 Å². The van der Waals surface area contributed by atoms with Crippen molar-refractivity contribution in [1.29, 1.82) is 0 Å². The Balaban J connectivity index is 2.09. The van der Waals surface area contributed by atoms with Crippen LogP contribution in [0.5, 0.6) is 0 Å². The smallest absolute Gasteiger partial charge is 0.312 e. The quantitative estimate of drug-likeness (QED) is 0.605. The minimum atomic E-state index is -1.92. The summed E-state index contributed by atoms with van der Waals surface area (Å²) in [5.74, 6) is -0.632. The molecule has 0 aromatic heterocycles. The first-order valence-corrected chi connectivity index (χ1v) is 9.11. The molecule has 2 bridgehead atoms. The van der Waals surface area contributed by atoms with Crippen molar-refractivity contribution in [2.24, 2.45) is 5.92 Å². The highest BCUT2D eigenvalue weighted by Gasteiger charge is 2.57. The van der Waals surface area contributed by atoms with E-state index in [2.05, 4.69) is 33.9 Å². The average molecular weight is 258 g/mol. The van der Waals surface area contributed by atoms with E-state index in [-0.39, 0.29) is 29.1 Å². The van der Waals surface area contributed by atoms with E-state index in [0.29, 0.717) is 6.42 Å². The molecule has 0 aromatic rings. The lowest BCUT2D eigenvalue weighted by Gasteiger charge is -2.41. The molecule has 0 unspecified atom stereocenters. The highest BCUT2D eigenvalue weighted by molar-refractivity contribution is 6.74. The maximum atomic E-state index is 11.3. The number of hydrogen-bond donors (Lipinski definition) is 1. The van der Waals surface area contributed by atoms with Crippen LogP contribution < -0.4 is 0 Å². The summed E-state index contributed by atoms with van der Waals surface area (Å²) in [6.07, 6.45) is -0.634. The molecule has 2 aliphatic rings. The predicted molar refractivity (Wildman–Crippen MR) is 66.1 cm³/mol. The van der Waals surface area contributed by atoms with Gasteiger partial charge in [-0.25, -0.2) is 0 Å². The summed E-state index contributed by atoms with van der Waals surface area (Å²) in [5, 5.41) is 10.2. The van der Waals surface area contributed by atoms with Gasteiger partial charge in [0.2, 0.25) is 0 Å². The number of aliphatic hydroxyl groups excluding tert-OH is 1. The van der Waals surface area contributed by atoms with E-state index in [1.54, 1.807) is 0 Å². The van der Waals surface area contributed by atoms with Crippen LogP contribution >= 0.6 is 0 Å². The topological polar surface area (TPSA) is 55.8 Å². The molecule has 4 atom stereocenters. The van der Waals surface area contributed by atoms with E-state index < -0.39 is 14.4 Å². The first-order valence-electron chi connectivity index (χ1n) is 6.20. The number of aliphatic hydroxyl groups is 1. The molecule has 1 saturated carbocycles. The predicted octanol–water partition coefficient (Wildman–Crippen LogP) is 1.68. The third-order valence-corrected chi connectivity index (χ3v) is 8.88. The van der Waals surface area contributed by atoms with E-state index in [1.165, 1.54) is 0 Å². The average Bonchev–Trinajstić information content (AvgIpc) is 2.64. The monoisotopic (exact) mass is 258 g/mol. The zero-order chi connectivity index (χ0) is 13.0. The molecule has 1 aliphatic heterocycles. The Morgan fingerprint density at radius 1 is 1.41 bits per heavy atom. The number of rotatable bonds is 2. The van der Waals surface area contributed by atoms with Gasteiger partial charge < -0.3 is 14.3 Å². The number of esters is 1. The van der Waals surface area contributed by atoms with E-state index in [1.807, 2.05) is 0 Å². The number of carbonyl (C=O) groups excluding carboxylic acids is 1. The molecule has 0 aromatic carbocycles. The Morgan fingerprint density at radius 3 is 2.41 bits per heavy atom. The highest BCUT2D eigenvalue weighted by Crippen LogP contribution is 2.44. The first kappa shape index (κ1) is 13.0. The van der Waals surface area contributed by atoms with Gasteiger partial charge in [-0.2, -0.15) is 0 Å². The maximum absolute atomic E-state index is 11.3. The fourth-order valence-electron chi connectivity index (χ4n) is 2.22. The lowest BCUT2D eigenvalue weighted by atomic mass is 10.1. The Hall–Kier alpha value is -0.393. The van der Waals surface area contributed by atoms with E-state index in [4.69, 9.17) is 9.16 Å². The van der Waals surface area contributed by atoms with Gasteiger partial charge in [0.1, 0.15) is 12.2 Å². The van der Waals surface area contributed by atoms with Gasteiger partial charge in [0.15, 0.2) is 8.32 Å². The van der Waals surface area contributed by atoms with Crippen LogP contribution in [0.2, 0.25) is 18.1 Å². The molecular weight excluding hydrogens is 236 g/mol. The lowest BCUT2D eigenvalue weighted by molar-refractivity contribution is -0.163. The molecule has 5 heteroatoms. The second-order valence-corrected chi connectivity index (χ2v) is 11.4. The molecule has 1 saturated heterocycles. The summed E-state index contributed by atoms with van der Waals surface area (Å²) in [7, 11) is -1.92. The van der Waals surface area contributed by atoms with E-state index in [0.717, 1.165) is 0 Å². The van der Waals surface area contributed by atoms with Crippen LogP contribution in [0.1, 0.15) is 27.2 Å². The van der Waals surface area contributed by atoms with Gasteiger partial charge in [-0.3, -0.25) is 4.79 Å². The van der Waals surface area contributed by atoms with Crippen molar-refractivity contribution in [1.82, 2.24) is 0 Å². The summed E-state index contributed by atoms with van der Waals surface area (Å²) < 4.78 is 11.4. The normalized spacial score (nSPS) is 37.4. The lowest BCUT2D eigenvalue weighted by Crippen LogP contribution is -2.51. The molecule has 1 aliphatic carbocycles.